The fraction of sp³-hybridized carbons (Fsp3) is 0.0556. The zero-order valence-electron chi connectivity index (χ0n) is 13.6. The van der Waals surface area contributed by atoms with Crippen molar-refractivity contribution in [1.29, 1.82) is 5.41 Å². The molecule has 0 radical (unpaired) electrons. The summed E-state index contributed by atoms with van der Waals surface area (Å²) in [5.74, 6) is -1.54. The number of hydrogen-bond donors (Lipinski definition) is 2. The number of halogens is 4. The average Bonchev–Trinajstić information content (AvgIpc) is 3.06. The van der Waals surface area contributed by atoms with Crippen LogP contribution >= 0.6 is 23.2 Å². The van der Waals surface area contributed by atoms with E-state index < -0.39 is 11.6 Å². The minimum absolute atomic E-state index is 0.0268. The number of benzene rings is 2. The van der Waals surface area contributed by atoms with Gasteiger partial charge in [-0.15, -0.1) is 0 Å². The minimum atomic E-state index is -0.755. The fourth-order valence-corrected chi connectivity index (χ4v) is 3.31. The van der Waals surface area contributed by atoms with Gasteiger partial charge in [-0.2, -0.15) is 0 Å². The highest BCUT2D eigenvalue weighted by molar-refractivity contribution is 6.36. The molecule has 2 aromatic heterocycles. The Hall–Kier alpha value is -2.77. The van der Waals surface area contributed by atoms with Crippen LogP contribution in [-0.2, 0) is 6.54 Å². The smallest absolute Gasteiger partial charge is 0.173 e. The lowest BCUT2D eigenvalue weighted by atomic mass is 10.2. The van der Waals surface area contributed by atoms with Crippen LogP contribution in [0.25, 0.3) is 22.6 Å². The third-order valence-corrected chi connectivity index (χ3v) is 4.82. The summed E-state index contributed by atoms with van der Waals surface area (Å²) in [4.78, 5) is 11.1. The van der Waals surface area contributed by atoms with E-state index in [-0.39, 0.29) is 28.9 Å². The molecule has 2 N–H and O–H groups in total. The molecule has 2 heterocycles. The van der Waals surface area contributed by atoms with Gasteiger partial charge in [0.05, 0.1) is 18.4 Å². The second-order valence-electron chi connectivity index (χ2n) is 5.80. The largest absolute Gasteiger partial charge is 0.333 e. The summed E-state index contributed by atoms with van der Waals surface area (Å²) in [6.45, 7) is 0.229. The molecular formula is C18H11Cl2F2N5. The summed E-state index contributed by atoms with van der Waals surface area (Å²) in [6.07, 6.45) is 1.41. The summed E-state index contributed by atoms with van der Waals surface area (Å²) in [5, 5.41) is 8.91. The topological polar surface area (TPSA) is 70.3 Å². The summed E-state index contributed by atoms with van der Waals surface area (Å²) in [5.41, 5.74) is 0.813. The Bertz CT molecular complexity index is 1190. The van der Waals surface area contributed by atoms with Gasteiger partial charge in [-0.1, -0.05) is 35.3 Å². The van der Waals surface area contributed by atoms with Crippen LogP contribution in [0.1, 0.15) is 5.56 Å². The van der Waals surface area contributed by atoms with E-state index in [1.807, 2.05) is 0 Å². The molecule has 0 saturated heterocycles. The molecule has 0 spiro atoms. The molecule has 2 aromatic carbocycles. The number of nitrogens with zero attached hydrogens (tertiary/aromatic N) is 3. The van der Waals surface area contributed by atoms with E-state index in [0.29, 0.717) is 21.3 Å². The first kappa shape index (κ1) is 17.6. The maximum atomic E-state index is 14.1. The zero-order valence-corrected chi connectivity index (χ0v) is 15.1. The second-order valence-corrected chi connectivity index (χ2v) is 6.62. The molecule has 0 aliphatic rings. The fourth-order valence-electron chi connectivity index (χ4n) is 2.80. The molecule has 0 aliphatic heterocycles. The van der Waals surface area contributed by atoms with E-state index in [2.05, 4.69) is 15.0 Å². The first-order valence-corrected chi connectivity index (χ1v) is 8.58. The monoisotopic (exact) mass is 405 g/mol. The Labute approximate surface area is 161 Å². The van der Waals surface area contributed by atoms with E-state index in [4.69, 9.17) is 28.6 Å². The molecule has 27 heavy (non-hydrogen) atoms. The zero-order chi connectivity index (χ0) is 19.1. The van der Waals surface area contributed by atoms with Gasteiger partial charge in [0.25, 0.3) is 0 Å². The van der Waals surface area contributed by atoms with Crippen LogP contribution in [0.5, 0.6) is 0 Å². The van der Waals surface area contributed by atoms with Crippen molar-refractivity contribution in [2.24, 2.45) is 0 Å². The number of hydrogen-bond acceptors (Lipinski definition) is 3. The molecule has 136 valence electrons. The van der Waals surface area contributed by atoms with Crippen LogP contribution in [0.2, 0.25) is 10.0 Å². The Kier molecular flexibility index (Phi) is 4.41. The number of H-pyrrole nitrogens is 1. The van der Waals surface area contributed by atoms with Gasteiger partial charge < -0.3 is 9.55 Å². The highest BCUT2D eigenvalue weighted by atomic mass is 35.5. The van der Waals surface area contributed by atoms with Crippen molar-refractivity contribution in [3.05, 3.63) is 75.5 Å². The van der Waals surface area contributed by atoms with Gasteiger partial charge in [0, 0.05) is 15.6 Å². The number of fused-ring (bicyclic) bond motifs is 1. The summed E-state index contributed by atoms with van der Waals surface area (Å²) in [6, 6.07) is 8.70. The van der Waals surface area contributed by atoms with Crippen LogP contribution in [0.3, 0.4) is 0 Å². The lowest BCUT2D eigenvalue weighted by Crippen LogP contribution is -2.13. The minimum Gasteiger partial charge on any atom is -0.333 e. The van der Waals surface area contributed by atoms with Gasteiger partial charge in [0.1, 0.15) is 23.0 Å². The first-order chi connectivity index (χ1) is 13.0. The standard InChI is InChI=1S/C18H11Cl2F2N5/c19-10-3-1-4-11(20)9(10)7-27-8-24-16(23)15-18(27)26-17(25-15)14-12(21)5-2-6-13(14)22/h1-6,8,23H,7H2,(H,25,26). The average molecular weight is 406 g/mol. The Morgan fingerprint density at radius 3 is 2.33 bits per heavy atom. The van der Waals surface area contributed by atoms with Crippen molar-refractivity contribution >= 4 is 34.4 Å². The molecule has 4 rings (SSSR count). The van der Waals surface area contributed by atoms with Crippen molar-refractivity contribution in [2.45, 2.75) is 6.54 Å². The molecule has 0 fully saturated rings. The summed E-state index contributed by atoms with van der Waals surface area (Å²) < 4.78 is 29.8. The van der Waals surface area contributed by atoms with Gasteiger partial charge >= 0.3 is 0 Å². The number of aromatic nitrogens is 4. The number of nitrogens with one attached hydrogen (secondary N) is 2. The Morgan fingerprint density at radius 2 is 1.67 bits per heavy atom. The van der Waals surface area contributed by atoms with Gasteiger partial charge in [0.15, 0.2) is 11.1 Å². The van der Waals surface area contributed by atoms with Crippen molar-refractivity contribution in [2.75, 3.05) is 0 Å². The predicted molar refractivity (Wildman–Crippen MR) is 98.6 cm³/mol. The third kappa shape index (κ3) is 3.09. The summed E-state index contributed by atoms with van der Waals surface area (Å²) in [7, 11) is 0. The maximum Gasteiger partial charge on any atom is 0.173 e. The number of aromatic amines is 1. The molecule has 0 atom stereocenters. The Balaban J connectivity index is 1.90. The SMILES string of the molecule is N=c1ncn(Cc2c(Cl)cccc2Cl)c2nc(-c3c(F)cccc3F)[nH]c12. The molecular weight excluding hydrogens is 395 g/mol. The van der Waals surface area contributed by atoms with Gasteiger partial charge in [-0.05, 0) is 24.3 Å². The van der Waals surface area contributed by atoms with Crippen molar-refractivity contribution in [3.8, 4) is 11.4 Å². The summed E-state index contributed by atoms with van der Waals surface area (Å²) >= 11 is 12.4. The molecule has 9 heteroatoms. The predicted octanol–water partition coefficient (Wildman–Crippen LogP) is 4.54. The first-order valence-electron chi connectivity index (χ1n) is 7.82. The number of imidazole rings is 1. The van der Waals surface area contributed by atoms with Gasteiger partial charge in [-0.3, -0.25) is 5.41 Å². The van der Waals surface area contributed by atoms with E-state index in [9.17, 15) is 8.78 Å². The second kappa shape index (κ2) is 6.75. The van der Waals surface area contributed by atoms with Crippen LogP contribution in [0.15, 0.2) is 42.7 Å². The van der Waals surface area contributed by atoms with E-state index >= 15 is 0 Å². The van der Waals surface area contributed by atoms with Crippen LogP contribution in [0.4, 0.5) is 8.78 Å². The van der Waals surface area contributed by atoms with Crippen LogP contribution in [-0.4, -0.2) is 19.5 Å². The maximum absolute atomic E-state index is 14.1. The van der Waals surface area contributed by atoms with E-state index in [1.165, 1.54) is 12.4 Å². The van der Waals surface area contributed by atoms with Gasteiger partial charge in [0.2, 0.25) is 0 Å². The van der Waals surface area contributed by atoms with Gasteiger partial charge in [-0.25, -0.2) is 18.7 Å². The lowest BCUT2D eigenvalue weighted by Gasteiger charge is -2.10. The molecule has 4 aromatic rings. The molecule has 5 nitrogen and oxygen atoms in total. The Morgan fingerprint density at radius 1 is 1.04 bits per heavy atom. The molecule has 0 aliphatic carbocycles. The lowest BCUT2D eigenvalue weighted by molar-refractivity contribution is 0.588. The molecule has 0 bridgehead atoms. The third-order valence-electron chi connectivity index (χ3n) is 4.11. The molecule has 0 unspecified atom stereocenters. The highest BCUT2D eigenvalue weighted by Crippen LogP contribution is 2.27. The van der Waals surface area contributed by atoms with Crippen LogP contribution < -0.4 is 5.49 Å². The van der Waals surface area contributed by atoms with E-state index in [0.717, 1.165) is 12.1 Å². The van der Waals surface area contributed by atoms with E-state index in [1.54, 1.807) is 22.8 Å². The van der Waals surface area contributed by atoms with Crippen molar-refractivity contribution < 1.29 is 8.78 Å². The normalized spacial score (nSPS) is 11.3. The number of rotatable bonds is 3. The van der Waals surface area contributed by atoms with Crippen LogP contribution in [0, 0.1) is 17.0 Å². The molecule has 0 amide bonds. The van der Waals surface area contributed by atoms with Crippen molar-refractivity contribution in [3.63, 3.8) is 0 Å². The quantitative estimate of drug-likeness (QED) is 0.525. The molecule has 0 saturated carbocycles. The van der Waals surface area contributed by atoms with Crippen molar-refractivity contribution in [1.82, 2.24) is 19.5 Å². The highest BCUT2D eigenvalue weighted by Gasteiger charge is 2.18.